The minimum absolute atomic E-state index is 0.311. The molecule has 1 atom stereocenters. The number of amides is 1. The molecule has 98 valence electrons. The van der Waals surface area contributed by atoms with E-state index < -0.39 is 0 Å². The van der Waals surface area contributed by atoms with E-state index in [1.165, 1.54) is 6.42 Å². The van der Waals surface area contributed by atoms with Gasteiger partial charge >= 0.3 is 0 Å². The van der Waals surface area contributed by atoms with Crippen molar-refractivity contribution in [3.05, 3.63) is 0 Å². The summed E-state index contributed by atoms with van der Waals surface area (Å²) in [6.45, 7) is 3.70. The summed E-state index contributed by atoms with van der Waals surface area (Å²) in [7, 11) is 1.96. The van der Waals surface area contributed by atoms with Gasteiger partial charge in [0.15, 0.2) is 0 Å². The number of hydrogen-bond acceptors (Lipinski definition) is 3. The monoisotopic (exact) mass is 240 g/mol. The summed E-state index contributed by atoms with van der Waals surface area (Å²) < 4.78 is 5.32. The molecule has 0 aliphatic carbocycles. The number of likely N-dealkylation sites (N-methyl/N-ethyl adjacent to an activating group) is 1. The van der Waals surface area contributed by atoms with Gasteiger partial charge in [0.05, 0.1) is 0 Å². The predicted octanol–water partition coefficient (Wildman–Crippen LogP) is 1.01. The molecular formula is C13H24N2O2. The quantitative estimate of drug-likeness (QED) is 0.800. The van der Waals surface area contributed by atoms with Crippen molar-refractivity contribution in [1.82, 2.24) is 10.2 Å². The molecule has 0 saturated carbocycles. The highest BCUT2D eigenvalue weighted by Gasteiger charge is 2.24. The highest BCUT2D eigenvalue weighted by Crippen LogP contribution is 2.20. The van der Waals surface area contributed by atoms with Gasteiger partial charge in [0.25, 0.3) is 0 Å². The van der Waals surface area contributed by atoms with Crippen molar-refractivity contribution >= 4 is 5.91 Å². The second-order valence-electron chi connectivity index (χ2n) is 5.26. The van der Waals surface area contributed by atoms with E-state index in [-0.39, 0.29) is 0 Å². The maximum absolute atomic E-state index is 12.2. The van der Waals surface area contributed by atoms with Crippen LogP contribution >= 0.6 is 0 Å². The number of ether oxygens (including phenoxy) is 1. The Bertz CT molecular complexity index is 246. The maximum Gasteiger partial charge on any atom is 0.222 e. The summed E-state index contributed by atoms with van der Waals surface area (Å²) in [6.07, 6.45) is 5.12. The summed E-state index contributed by atoms with van der Waals surface area (Å²) >= 11 is 0. The molecule has 2 fully saturated rings. The lowest BCUT2D eigenvalue weighted by Gasteiger charge is -2.33. The average molecular weight is 240 g/mol. The minimum atomic E-state index is 0.311. The molecule has 2 aliphatic heterocycles. The van der Waals surface area contributed by atoms with Crippen LogP contribution in [0.3, 0.4) is 0 Å². The lowest BCUT2D eigenvalue weighted by molar-refractivity contribution is -0.134. The zero-order valence-electron chi connectivity index (χ0n) is 10.8. The van der Waals surface area contributed by atoms with E-state index in [9.17, 15) is 4.79 Å². The molecule has 0 spiro atoms. The highest BCUT2D eigenvalue weighted by atomic mass is 16.5. The zero-order chi connectivity index (χ0) is 12.1. The smallest absolute Gasteiger partial charge is 0.222 e. The Morgan fingerprint density at radius 3 is 2.76 bits per heavy atom. The molecule has 0 radical (unpaired) electrons. The van der Waals surface area contributed by atoms with Crippen LogP contribution in [0.5, 0.6) is 0 Å². The first-order valence-electron chi connectivity index (χ1n) is 6.81. The molecule has 2 heterocycles. The van der Waals surface area contributed by atoms with Gasteiger partial charge < -0.3 is 15.0 Å². The van der Waals surface area contributed by atoms with Crippen molar-refractivity contribution in [2.45, 2.75) is 38.1 Å². The van der Waals surface area contributed by atoms with Crippen molar-refractivity contribution in [2.75, 3.05) is 33.4 Å². The van der Waals surface area contributed by atoms with Crippen LogP contribution in [0, 0.1) is 5.92 Å². The summed E-state index contributed by atoms with van der Waals surface area (Å²) in [4.78, 5) is 14.1. The molecule has 0 bridgehead atoms. The third kappa shape index (κ3) is 3.68. The molecule has 1 amide bonds. The van der Waals surface area contributed by atoms with E-state index >= 15 is 0 Å². The van der Waals surface area contributed by atoms with Gasteiger partial charge in [-0.15, -0.1) is 0 Å². The Morgan fingerprint density at radius 2 is 2.12 bits per heavy atom. The van der Waals surface area contributed by atoms with Crippen molar-refractivity contribution < 1.29 is 9.53 Å². The molecule has 17 heavy (non-hydrogen) atoms. The van der Waals surface area contributed by atoms with Gasteiger partial charge in [-0.25, -0.2) is 0 Å². The molecule has 0 aromatic carbocycles. The van der Waals surface area contributed by atoms with E-state index in [4.69, 9.17) is 4.74 Å². The Labute approximate surface area is 104 Å². The minimum Gasteiger partial charge on any atom is -0.381 e. The van der Waals surface area contributed by atoms with Gasteiger partial charge in [0.2, 0.25) is 5.91 Å². The predicted molar refractivity (Wildman–Crippen MR) is 66.8 cm³/mol. The van der Waals surface area contributed by atoms with Crippen LogP contribution in [0.1, 0.15) is 32.1 Å². The highest BCUT2D eigenvalue weighted by molar-refractivity contribution is 5.76. The molecule has 1 N–H and O–H groups in total. The first-order valence-corrected chi connectivity index (χ1v) is 6.81. The molecule has 4 nitrogen and oxygen atoms in total. The fraction of sp³-hybridized carbons (Fsp3) is 0.923. The van der Waals surface area contributed by atoms with Gasteiger partial charge in [-0.05, 0) is 38.1 Å². The van der Waals surface area contributed by atoms with Gasteiger partial charge in [0.1, 0.15) is 0 Å². The van der Waals surface area contributed by atoms with Gasteiger partial charge in [-0.2, -0.15) is 0 Å². The summed E-state index contributed by atoms with van der Waals surface area (Å²) in [5, 5.41) is 3.36. The van der Waals surface area contributed by atoms with E-state index in [0.717, 1.165) is 45.6 Å². The average Bonchev–Trinajstić information content (AvgIpc) is 2.40. The van der Waals surface area contributed by atoms with Gasteiger partial charge in [-0.3, -0.25) is 4.79 Å². The number of hydrogen-bond donors (Lipinski definition) is 1. The van der Waals surface area contributed by atoms with E-state index in [0.29, 0.717) is 24.3 Å². The fourth-order valence-corrected chi connectivity index (χ4v) is 2.71. The number of piperidine rings is 1. The van der Waals surface area contributed by atoms with Crippen LogP contribution in [-0.2, 0) is 9.53 Å². The Kier molecular flexibility index (Phi) is 4.80. The molecule has 2 rings (SSSR count). The lowest BCUT2D eigenvalue weighted by Crippen LogP contribution is -2.47. The number of carbonyl (C=O) groups is 1. The SMILES string of the molecule is CN(C(=O)CC1CCOCC1)[C@H]1CCCNC1. The molecule has 0 unspecified atom stereocenters. The van der Waals surface area contributed by atoms with Crippen molar-refractivity contribution in [2.24, 2.45) is 5.92 Å². The summed E-state index contributed by atoms with van der Waals surface area (Å²) in [5.41, 5.74) is 0. The van der Waals surface area contributed by atoms with Crippen LogP contribution in [0.25, 0.3) is 0 Å². The molecule has 2 aliphatic rings. The van der Waals surface area contributed by atoms with Crippen LogP contribution < -0.4 is 5.32 Å². The standard InChI is InChI=1S/C13H24N2O2/c1-15(12-3-2-6-14-10-12)13(16)9-11-4-7-17-8-5-11/h11-12,14H,2-10H2,1H3/t12-/m0/s1. The number of nitrogens with one attached hydrogen (secondary N) is 1. The first kappa shape index (κ1) is 12.8. The Morgan fingerprint density at radius 1 is 1.35 bits per heavy atom. The van der Waals surface area contributed by atoms with Crippen LogP contribution in [-0.4, -0.2) is 50.2 Å². The Balaban J connectivity index is 1.77. The van der Waals surface area contributed by atoms with Crippen molar-refractivity contribution in [3.8, 4) is 0 Å². The topological polar surface area (TPSA) is 41.6 Å². The normalized spacial score (nSPS) is 26.8. The van der Waals surface area contributed by atoms with Crippen LogP contribution in [0.15, 0.2) is 0 Å². The second kappa shape index (κ2) is 6.36. The first-order chi connectivity index (χ1) is 8.27. The largest absolute Gasteiger partial charge is 0.381 e. The maximum atomic E-state index is 12.2. The van der Waals surface area contributed by atoms with E-state index in [1.807, 2.05) is 11.9 Å². The van der Waals surface area contributed by atoms with Crippen molar-refractivity contribution in [1.29, 1.82) is 0 Å². The summed E-state index contributed by atoms with van der Waals surface area (Å²) in [6, 6.07) is 0.399. The van der Waals surface area contributed by atoms with Gasteiger partial charge in [0, 0.05) is 39.3 Å². The van der Waals surface area contributed by atoms with Crippen molar-refractivity contribution in [3.63, 3.8) is 0 Å². The number of carbonyl (C=O) groups excluding carboxylic acids is 1. The number of rotatable bonds is 3. The number of nitrogens with zero attached hydrogens (tertiary/aromatic N) is 1. The Hall–Kier alpha value is -0.610. The molecular weight excluding hydrogens is 216 g/mol. The molecule has 4 heteroatoms. The molecule has 2 saturated heterocycles. The third-order valence-electron chi connectivity index (χ3n) is 4.02. The van der Waals surface area contributed by atoms with E-state index in [1.54, 1.807) is 0 Å². The zero-order valence-corrected chi connectivity index (χ0v) is 10.8. The van der Waals surface area contributed by atoms with Gasteiger partial charge in [-0.1, -0.05) is 0 Å². The fourth-order valence-electron chi connectivity index (χ4n) is 2.71. The van der Waals surface area contributed by atoms with Crippen LogP contribution in [0.2, 0.25) is 0 Å². The van der Waals surface area contributed by atoms with Crippen LogP contribution in [0.4, 0.5) is 0 Å². The van der Waals surface area contributed by atoms with E-state index in [2.05, 4.69) is 5.32 Å². The molecule has 0 aromatic rings. The molecule has 0 aromatic heterocycles. The lowest BCUT2D eigenvalue weighted by atomic mass is 9.95. The second-order valence-corrected chi connectivity index (χ2v) is 5.26. The summed E-state index contributed by atoms with van der Waals surface area (Å²) in [5.74, 6) is 0.848. The third-order valence-corrected chi connectivity index (χ3v) is 4.02.